The zero-order chi connectivity index (χ0) is 17.4. The quantitative estimate of drug-likeness (QED) is 0.575. The van der Waals surface area contributed by atoms with Gasteiger partial charge >= 0.3 is 0 Å². The van der Waals surface area contributed by atoms with E-state index < -0.39 is 0 Å². The van der Waals surface area contributed by atoms with Gasteiger partial charge in [-0.05, 0) is 24.0 Å². The molecule has 0 bridgehead atoms. The second-order valence-corrected chi connectivity index (χ2v) is 6.59. The minimum Gasteiger partial charge on any atom is -0.313 e. The third kappa shape index (κ3) is 2.69. The summed E-state index contributed by atoms with van der Waals surface area (Å²) >= 11 is 0. The molecule has 0 spiro atoms. The van der Waals surface area contributed by atoms with Gasteiger partial charge in [-0.15, -0.1) is 10.2 Å². The second-order valence-electron chi connectivity index (χ2n) is 6.59. The zero-order valence-electron chi connectivity index (χ0n) is 14.3. The number of nitrogens with zero attached hydrogens (tertiary/aromatic N) is 5. The largest absolute Gasteiger partial charge is 0.313 e. The Morgan fingerprint density at radius 1 is 1.08 bits per heavy atom. The van der Waals surface area contributed by atoms with Gasteiger partial charge in [-0.3, -0.25) is 4.79 Å². The van der Waals surface area contributed by atoms with Crippen LogP contribution in [0.15, 0.2) is 53.6 Å². The van der Waals surface area contributed by atoms with Crippen LogP contribution in [-0.2, 0) is 6.54 Å². The van der Waals surface area contributed by atoms with Crippen LogP contribution in [0, 0.1) is 5.92 Å². The highest BCUT2D eigenvalue weighted by Gasteiger charge is 2.14. The fourth-order valence-corrected chi connectivity index (χ4v) is 2.92. The number of aromatic nitrogens is 5. The molecule has 0 aliphatic heterocycles. The molecule has 6 nitrogen and oxygen atoms in total. The van der Waals surface area contributed by atoms with Crippen molar-refractivity contribution in [2.24, 2.45) is 5.92 Å². The molecule has 0 aliphatic rings. The number of pyridine rings is 1. The van der Waals surface area contributed by atoms with Gasteiger partial charge in [0.2, 0.25) is 0 Å². The number of benzene rings is 1. The Morgan fingerprint density at radius 2 is 1.88 bits per heavy atom. The fraction of sp³-hybridized carbons (Fsp3) is 0.263. The van der Waals surface area contributed by atoms with E-state index in [-0.39, 0.29) is 5.56 Å². The monoisotopic (exact) mass is 333 g/mol. The number of aryl methyl sites for hydroxylation is 1. The Morgan fingerprint density at radius 3 is 2.64 bits per heavy atom. The molecule has 0 fully saturated rings. The van der Waals surface area contributed by atoms with Gasteiger partial charge in [0.25, 0.3) is 5.56 Å². The second kappa shape index (κ2) is 6.12. The molecule has 0 saturated carbocycles. The summed E-state index contributed by atoms with van der Waals surface area (Å²) in [6, 6.07) is 11.8. The summed E-state index contributed by atoms with van der Waals surface area (Å²) < 4.78 is 3.39. The molecular formula is C19H19N5O. The SMILES string of the molecule is CC(C)CCn1ccc2c(nnc3c(-c4ccccc4)cnn32)c1=O. The van der Waals surface area contributed by atoms with Crippen molar-refractivity contribution >= 4 is 16.7 Å². The molecule has 0 amide bonds. The normalized spacial score (nSPS) is 11.6. The van der Waals surface area contributed by atoms with E-state index in [1.54, 1.807) is 15.3 Å². The van der Waals surface area contributed by atoms with Gasteiger partial charge in [0.15, 0.2) is 11.2 Å². The van der Waals surface area contributed by atoms with Crippen LogP contribution in [0.5, 0.6) is 0 Å². The highest BCUT2D eigenvalue weighted by atomic mass is 16.1. The maximum absolute atomic E-state index is 12.7. The van der Waals surface area contributed by atoms with Crippen molar-refractivity contribution in [1.29, 1.82) is 0 Å². The molecule has 1 aromatic carbocycles. The molecule has 0 radical (unpaired) electrons. The summed E-state index contributed by atoms with van der Waals surface area (Å²) in [5, 5.41) is 12.9. The van der Waals surface area contributed by atoms with Gasteiger partial charge in [0, 0.05) is 18.3 Å². The third-order valence-electron chi connectivity index (χ3n) is 4.37. The first kappa shape index (κ1) is 15.5. The van der Waals surface area contributed by atoms with Crippen LogP contribution in [0.2, 0.25) is 0 Å². The maximum atomic E-state index is 12.7. The number of hydrogen-bond donors (Lipinski definition) is 0. The summed E-state index contributed by atoms with van der Waals surface area (Å²) in [5.74, 6) is 0.538. The van der Waals surface area contributed by atoms with E-state index >= 15 is 0 Å². The Balaban J connectivity index is 1.87. The lowest BCUT2D eigenvalue weighted by Crippen LogP contribution is -2.22. The van der Waals surface area contributed by atoms with Crippen LogP contribution in [0.4, 0.5) is 0 Å². The zero-order valence-corrected chi connectivity index (χ0v) is 14.3. The average molecular weight is 333 g/mol. The molecule has 0 N–H and O–H groups in total. The predicted molar refractivity (Wildman–Crippen MR) is 97.4 cm³/mol. The first-order chi connectivity index (χ1) is 12.1. The van der Waals surface area contributed by atoms with Crippen molar-refractivity contribution in [3.8, 4) is 11.1 Å². The molecule has 0 atom stereocenters. The summed E-state index contributed by atoms with van der Waals surface area (Å²) in [7, 11) is 0. The van der Waals surface area contributed by atoms with E-state index in [1.807, 2.05) is 42.6 Å². The van der Waals surface area contributed by atoms with Gasteiger partial charge in [-0.25, -0.2) is 4.52 Å². The molecule has 25 heavy (non-hydrogen) atoms. The van der Waals surface area contributed by atoms with Gasteiger partial charge in [-0.1, -0.05) is 44.2 Å². The number of rotatable bonds is 4. The summed E-state index contributed by atoms with van der Waals surface area (Å²) in [6.45, 7) is 4.97. The van der Waals surface area contributed by atoms with Crippen LogP contribution in [0.25, 0.3) is 27.8 Å². The Bertz CT molecular complexity index is 1100. The Hall–Kier alpha value is -3.02. The van der Waals surface area contributed by atoms with Crippen LogP contribution < -0.4 is 5.56 Å². The first-order valence-corrected chi connectivity index (χ1v) is 8.44. The molecule has 126 valence electrons. The van der Waals surface area contributed by atoms with Gasteiger partial charge in [0.05, 0.1) is 6.20 Å². The molecule has 0 saturated heterocycles. The van der Waals surface area contributed by atoms with Gasteiger partial charge in [-0.2, -0.15) is 5.10 Å². The minimum atomic E-state index is -0.121. The Kier molecular flexibility index (Phi) is 3.80. The highest BCUT2D eigenvalue weighted by Crippen LogP contribution is 2.23. The van der Waals surface area contributed by atoms with Gasteiger partial charge in [0.1, 0.15) is 5.52 Å². The van der Waals surface area contributed by atoms with Crippen LogP contribution >= 0.6 is 0 Å². The van der Waals surface area contributed by atoms with Crippen molar-refractivity contribution in [2.75, 3.05) is 0 Å². The molecule has 3 heterocycles. The van der Waals surface area contributed by atoms with E-state index in [1.165, 1.54) is 0 Å². The standard InChI is InChI=1S/C19H19N5O/c1-13(2)8-10-23-11-9-16-17(19(23)25)21-22-18-15(12-20-24(16)18)14-6-4-3-5-7-14/h3-7,9,11-13H,8,10H2,1-2H3. The molecule has 6 heteroatoms. The lowest BCUT2D eigenvalue weighted by atomic mass is 10.1. The van der Waals surface area contributed by atoms with Crippen LogP contribution in [0.1, 0.15) is 20.3 Å². The highest BCUT2D eigenvalue weighted by molar-refractivity contribution is 5.82. The summed E-state index contributed by atoms with van der Waals surface area (Å²) in [6.07, 6.45) is 4.53. The Labute approximate surface area is 144 Å². The molecule has 4 aromatic rings. The maximum Gasteiger partial charge on any atom is 0.280 e. The van der Waals surface area contributed by atoms with Crippen molar-refractivity contribution in [3.05, 3.63) is 59.1 Å². The number of hydrogen-bond acceptors (Lipinski definition) is 4. The van der Waals surface area contributed by atoms with E-state index in [2.05, 4.69) is 29.1 Å². The lowest BCUT2D eigenvalue weighted by Gasteiger charge is -2.09. The van der Waals surface area contributed by atoms with Crippen molar-refractivity contribution in [3.63, 3.8) is 0 Å². The molecule has 4 rings (SSSR count). The van der Waals surface area contributed by atoms with E-state index in [4.69, 9.17) is 0 Å². The summed E-state index contributed by atoms with van der Waals surface area (Å²) in [5.41, 5.74) is 3.48. The average Bonchev–Trinajstić information content (AvgIpc) is 3.06. The predicted octanol–water partition coefficient (Wildman–Crippen LogP) is 3.15. The van der Waals surface area contributed by atoms with E-state index in [0.29, 0.717) is 29.1 Å². The topological polar surface area (TPSA) is 65.1 Å². The molecule has 3 aromatic heterocycles. The van der Waals surface area contributed by atoms with Gasteiger partial charge < -0.3 is 4.57 Å². The van der Waals surface area contributed by atoms with Crippen molar-refractivity contribution in [2.45, 2.75) is 26.8 Å². The third-order valence-corrected chi connectivity index (χ3v) is 4.37. The minimum absolute atomic E-state index is 0.121. The molecule has 0 aliphatic carbocycles. The summed E-state index contributed by atoms with van der Waals surface area (Å²) in [4.78, 5) is 12.7. The number of fused-ring (bicyclic) bond motifs is 3. The van der Waals surface area contributed by atoms with E-state index in [0.717, 1.165) is 17.5 Å². The lowest BCUT2D eigenvalue weighted by molar-refractivity contribution is 0.509. The fourth-order valence-electron chi connectivity index (χ4n) is 2.92. The first-order valence-electron chi connectivity index (χ1n) is 8.44. The smallest absolute Gasteiger partial charge is 0.280 e. The molecular weight excluding hydrogens is 314 g/mol. The van der Waals surface area contributed by atoms with E-state index in [9.17, 15) is 4.79 Å². The van der Waals surface area contributed by atoms with Crippen LogP contribution in [0.3, 0.4) is 0 Å². The van der Waals surface area contributed by atoms with Crippen LogP contribution in [-0.4, -0.2) is 24.4 Å². The van der Waals surface area contributed by atoms with Crippen molar-refractivity contribution in [1.82, 2.24) is 24.4 Å². The molecule has 0 unspecified atom stereocenters. The van der Waals surface area contributed by atoms with Crippen molar-refractivity contribution < 1.29 is 0 Å².